The van der Waals surface area contributed by atoms with Crippen molar-refractivity contribution in [1.29, 1.82) is 0 Å². The lowest BCUT2D eigenvalue weighted by Crippen LogP contribution is -2.54. The van der Waals surface area contributed by atoms with Gasteiger partial charge in [-0.3, -0.25) is 43.7 Å². The molecule has 2 aliphatic heterocycles. The minimum atomic E-state index is -1.21. The number of hydrogen-bond acceptors (Lipinski definition) is 9. The van der Waals surface area contributed by atoms with Gasteiger partial charge in [0.15, 0.2) is 6.04 Å². The average Bonchev–Trinajstić information content (AvgIpc) is 3.68. The van der Waals surface area contributed by atoms with Gasteiger partial charge >= 0.3 is 0 Å². The first-order valence-electron chi connectivity index (χ1n) is 14.9. The first-order valence-corrected chi connectivity index (χ1v) is 14.9. The lowest BCUT2D eigenvalue weighted by molar-refractivity contribution is -0.136. The van der Waals surface area contributed by atoms with Crippen LogP contribution in [0.2, 0.25) is 0 Å². The number of carbonyl (C=O) groups excluding carboxylic acids is 6. The number of furan rings is 1. The summed E-state index contributed by atoms with van der Waals surface area (Å²) >= 11 is 0. The minimum absolute atomic E-state index is 0.0312. The Kier molecular flexibility index (Phi) is 8.92. The zero-order valence-corrected chi connectivity index (χ0v) is 26.6. The van der Waals surface area contributed by atoms with Gasteiger partial charge in [0, 0.05) is 20.5 Å². The van der Waals surface area contributed by atoms with E-state index in [1.807, 2.05) is 32.8 Å². The summed E-state index contributed by atoms with van der Waals surface area (Å²) in [6, 6.07) is 5.41. The highest BCUT2D eigenvalue weighted by Gasteiger charge is 2.47. The molecule has 1 aromatic carbocycles. The van der Waals surface area contributed by atoms with Crippen molar-refractivity contribution >= 4 is 35.4 Å². The molecule has 14 nitrogen and oxygen atoms in total. The van der Waals surface area contributed by atoms with E-state index < -0.39 is 47.5 Å². The quantitative estimate of drug-likeness (QED) is 0.317. The predicted octanol–water partition coefficient (Wildman–Crippen LogP) is 1.73. The fourth-order valence-electron chi connectivity index (χ4n) is 5.99. The number of aromatic nitrogens is 2. The highest BCUT2D eigenvalue weighted by atomic mass is 16.3. The smallest absolute Gasteiger partial charge is 0.263 e. The van der Waals surface area contributed by atoms with Gasteiger partial charge < -0.3 is 19.5 Å². The number of carbonyl (C=O) groups is 6. The van der Waals surface area contributed by atoms with E-state index in [9.17, 15) is 28.8 Å². The Morgan fingerprint density at radius 1 is 1.07 bits per heavy atom. The van der Waals surface area contributed by atoms with E-state index in [0.29, 0.717) is 23.8 Å². The maximum Gasteiger partial charge on any atom is 0.263 e. The van der Waals surface area contributed by atoms with E-state index in [4.69, 9.17) is 4.42 Å². The number of rotatable bonds is 10. The molecule has 3 aromatic rings. The normalized spacial score (nSPS) is 17.0. The number of aryl methyl sites for hydroxylation is 1. The highest BCUT2D eigenvalue weighted by Crippen LogP contribution is 2.35. The lowest BCUT2D eigenvalue weighted by atomic mass is 9.96. The van der Waals surface area contributed by atoms with Gasteiger partial charge in [-0.2, -0.15) is 5.10 Å². The molecule has 0 bridgehead atoms. The van der Waals surface area contributed by atoms with E-state index in [-0.39, 0.29) is 42.0 Å². The fourth-order valence-corrected chi connectivity index (χ4v) is 5.99. The van der Waals surface area contributed by atoms with E-state index in [0.717, 1.165) is 10.5 Å². The van der Waals surface area contributed by atoms with Crippen LogP contribution in [0.5, 0.6) is 0 Å². The van der Waals surface area contributed by atoms with E-state index in [1.165, 1.54) is 30.1 Å². The number of likely N-dealkylation sites (N-methyl/N-ethyl adjacent to an activating group) is 1. The summed E-state index contributed by atoms with van der Waals surface area (Å²) < 4.78 is 7.60. The van der Waals surface area contributed by atoms with Crippen molar-refractivity contribution < 1.29 is 33.2 Å². The van der Waals surface area contributed by atoms with Gasteiger partial charge in [-0.15, -0.1) is 0 Å². The minimum Gasteiger partial charge on any atom is -0.463 e. The largest absolute Gasteiger partial charge is 0.463 e. The Labute approximate surface area is 265 Å². The topological polar surface area (TPSA) is 167 Å². The molecular formula is C32H37N7O7. The molecule has 2 N–H and O–H groups in total. The third-order valence-corrected chi connectivity index (χ3v) is 8.18. The number of fused-ring (bicyclic) bond motifs is 1. The lowest BCUT2D eigenvalue weighted by Gasteiger charge is -2.32. The molecule has 2 atom stereocenters. The molecule has 14 heteroatoms. The molecule has 0 aliphatic carbocycles. The zero-order valence-electron chi connectivity index (χ0n) is 26.6. The summed E-state index contributed by atoms with van der Waals surface area (Å²) in [5.41, 5.74) is 0.877. The van der Waals surface area contributed by atoms with Crippen molar-refractivity contribution in [3.05, 3.63) is 76.0 Å². The Morgan fingerprint density at radius 3 is 2.39 bits per heavy atom. The van der Waals surface area contributed by atoms with Gasteiger partial charge in [-0.05, 0) is 56.3 Å². The summed E-state index contributed by atoms with van der Waals surface area (Å²) in [6.07, 6.45) is 1.58. The van der Waals surface area contributed by atoms with E-state index >= 15 is 0 Å². The summed E-state index contributed by atoms with van der Waals surface area (Å²) in [5.74, 6) is -3.05. The van der Waals surface area contributed by atoms with Crippen LogP contribution in [-0.4, -0.2) is 87.1 Å². The summed E-state index contributed by atoms with van der Waals surface area (Å²) in [5, 5.41) is 9.23. The average molecular weight is 632 g/mol. The van der Waals surface area contributed by atoms with Crippen LogP contribution in [0, 0.1) is 0 Å². The van der Waals surface area contributed by atoms with Crippen LogP contribution in [0.25, 0.3) is 0 Å². The first kappa shape index (κ1) is 32.3. The first-order chi connectivity index (χ1) is 21.8. The molecule has 4 heterocycles. The summed E-state index contributed by atoms with van der Waals surface area (Å²) in [6.45, 7) is 4.25. The number of amides is 6. The number of piperidine rings is 1. The Bertz CT molecular complexity index is 1740. The van der Waals surface area contributed by atoms with Crippen LogP contribution in [0.1, 0.15) is 92.5 Å². The number of benzene rings is 1. The third-order valence-electron chi connectivity index (χ3n) is 8.18. The molecular weight excluding hydrogens is 594 g/mol. The SMILES string of the molecule is CNC(=O)C(c1c(C(C)C)cnn1C)N(Cc1ccc(CN(C)C)o1)C(=O)c1cccc2c1C(=O)N(C1CCC(=O)NC1=O)C2=O. The van der Waals surface area contributed by atoms with Crippen molar-refractivity contribution in [1.82, 2.24) is 35.1 Å². The Balaban J connectivity index is 1.63. The van der Waals surface area contributed by atoms with Gasteiger partial charge in [0.25, 0.3) is 17.7 Å². The molecule has 0 saturated carbocycles. The Morgan fingerprint density at radius 2 is 1.76 bits per heavy atom. The zero-order chi connectivity index (χ0) is 33.4. The predicted molar refractivity (Wildman–Crippen MR) is 163 cm³/mol. The maximum atomic E-state index is 14.7. The van der Waals surface area contributed by atoms with Crippen molar-refractivity contribution in [3.63, 3.8) is 0 Å². The highest BCUT2D eigenvalue weighted by molar-refractivity contribution is 6.26. The molecule has 2 unspecified atom stereocenters. The molecule has 6 amide bonds. The van der Waals surface area contributed by atoms with Crippen LogP contribution < -0.4 is 10.6 Å². The van der Waals surface area contributed by atoms with Crippen LogP contribution in [-0.2, 0) is 34.5 Å². The maximum absolute atomic E-state index is 14.7. The van der Waals surface area contributed by atoms with Gasteiger partial charge in [0.1, 0.15) is 17.6 Å². The summed E-state index contributed by atoms with van der Waals surface area (Å²) in [4.78, 5) is 84.3. The molecule has 0 spiro atoms. The van der Waals surface area contributed by atoms with Gasteiger partial charge in [0.05, 0.1) is 41.7 Å². The van der Waals surface area contributed by atoms with Crippen molar-refractivity contribution in [2.75, 3.05) is 21.1 Å². The van der Waals surface area contributed by atoms with Crippen LogP contribution in [0.4, 0.5) is 0 Å². The van der Waals surface area contributed by atoms with E-state index in [2.05, 4.69) is 15.7 Å². The molecule has 2 aromatic heterocycles. The Hall–Kier alpha value is -5.11. The standard InChI is InChI=1S/C32H37N7O7/c1-17(2)22-14-34-37(6)26(22)27(29(42)33-3)38(16-19-11-10-18(46-19)15-36(4)5)30(43)20-8-7-9-21-25(20)32(45)39(31(21)44)23-12-13-24(40)35-28(23)41/h7-11,14,17,23,27H,12-13,15-16H2,1-6H3,(H,33,42)(H,35,40,41). The number of nitrogens with zero attached hydrogens (tertiary/aromatic N) is 5. The summed E-state index contributed by atoms with van der Waals surface area (Å²) in [7, 11) is 6.93. The van der Waals surface area contributed by atoms with Crippen molar-refractivity contribution in [2.45, 2.75) is 57.8 Å². The molecule has 242 valence electrons. The monoisotopic (exact) mass is 631 g/mol. The van der Waals surface area contributed by atoms with Crippen molar-refractivity contribution in [2.24, 2.45) is 7.05 Å². The number of hydrogen-bond donors (Lipinski definition) is 2. The van der Waals surface area contributed by atoms with E-state index in [1.54, 1.807) is 30.1 Å². The van der Waals surface area contributed by atoms with Crippen LogP contribution >= 0.6 is 0 Å². The second-order valence-electron chi connectivity index (χ2n) is 12.0. The molecule has 1 fully saturated rings. The second kappa shape index (κ2) is 12.7. The van der Waals surface area contributed by atoms with Crippen LogP contribution in [0.15, 0.2) is 40.9 Å². The second-order valence-corrected chi connectivity index (χ2v) is 12.0. The molecule has 0 radical (unpaired) electrons. The number of nitrogens with one attached hydrogen (secondary N) is 2. The van der Waals surface area contributed by atoms with Gasteiger partial charge in [0.2, 0.25) is 17.7 Å². The van der Waals surface area contributed by atoms with Crippen LogP contribution in [0.3, 0.4) is 0 Å². The molecule has 5 rings (SSSR count). The fraction of sp³-hybridized carbons (Fsp3) is 0.406. The molecule has 46 heavy (non-hydrogen) atoms. The third kappa shape index (κ3) is 5.83. The molecule has 2 aliphatic rings. The van der Waals surface area contributed by atoms with Gasteiger partial charge in [-0.1, -0.05) is 19.9 Å². The molecule has 1 saturated heterocycles. The van der Waals surface area contributed by atoms with Gasteiger partial charge in [-0.25, -0.2) is 0 Å². The van der Waals surface area contributed by atoms with Crippen molar-refractivity contribution in [3.8, 4) is 0 Å². The number of imide groups is 2.